The molecule has 1 heterocycles. The molecule has 0 N–H and O–H groups in total. The van der Waals surface area contributed by atoms with Crippen molar-refractivity contribution in [1.82, 2.24) is 4.90 Å². The summed E-state index contributed by atoms with van der Waals surface area (Å²) in [4.78, 5) is 2.33. The number of likely N-dealkylation sites (tertiary alicyclic amines) is 1. The van der Waals surface area contributed by atoms with E-state index in [-0.39, 0.29) is 0 Å². The number of hydrogen-bond donors (Lipinski definition) is 0. The summed E-state index contributed by atoms with van der Waals surface area (Å²) in [5, 5.41) is 0. The lowest BCUT2D eigenvalue weighted by Crippen LogP contribution is -2.41. The molecular weight excluding hydrogens is 126 g/mol. The molecule has 1 aliphatic rings. The second-order valence-corrected chi connectivity index (χ2v) is 3.30. The number of nitrogens with zero attached hydrogens (tertiary/aromatic N) is 1. The van der Waals surface area contributed by atoms with Crippen LogP contribution in [0, 0.1) is 5.92 Å². The van der Waals surface area contributed by atoms with Gasteiger partial charge in [-0.3, -0.25) is 0 Å². The Morgan fingerprint density at radius 1 is 1.50 bits per heavy atom. The predicted molar refractivity (Wildman–Crippen MR) is 42.1 cm³/mol. The van der Waals surface area contributed by atoms with Gasteiger partial charge < -0.3 is 9.64 Å². The number of likely N-dealkylation sites (N-methyl/N-ethyl adjacent to an activating group) is 1. The SMILES string of the molecule is CO[C@@H]1CN(C)CC[C@H]1C. The summed E-state index contributed by atoms with van der Waals surface area (Å²) in [5.41, 5.74) is 0. The fourth-order valence-electron chi connectivity index (χ4n) is 1.50. The van der Waals surface area contributed by atoms with Gasteiger partial charge in [0.1, 0.15) is 0 Å². The Morgan fingerprint density at radius 2 is 2.20 bits per heavy atom. The van der Waals surface area contributed by atoms with E-state index >= 15 is 0 Å². The van der Waals surface area contributed by atoms with Gasteiger partial charge in [-0.25, -0.2) is 0 Å². The second-order valence-electron chi connectivity index (χ2n) is 3.30. The minimum Gasteiger partial charge on any atom is -0.380 e. The van der Waals surface area contributed by atoms with Crippen LogP contribution in [0.2, 0.25) is 0 Å². The molecule has 1 fully saturated rings. The average molecular weight is 143 g/mol. The van der Waals surface area contributed by atoms with E-state index in [1.807, 2.05) is 0 Å². The number of rotatable bonds is 1. The van der Waals surface area contributed by atoms with E-state index in [0.29, 0.717) is 6.10 Å². The Hall–Kier alpha value is -0.0800. The van der Waals surface area contributed by atoms with Gasteiger partial charge in [-0.15, -0.1) is 0 Å². The van der Waals surface area contributed by atoms with Crippen LogP contribution in [0.4, 0.5) is 0 Å². The van der Waals surface area contributed by atoms with Crippen LogP contribution in [-0.2, 0) is 4.74 Å². The molecule has 0 radical (unpaired) electrons. The summed E-state index contributed by atoms with van der Waals surface area (Å²) in [5.74, 6) is 0.737. The molecule has 1 rings (SSSR count). The molecular formula is C8H17NO. The minimum absolute atomic E-state index is 0.457. The lowest BCUT2D eigenvalue weighted by Gasteiger charge is -2.33. The first-order valence-corrected chi connectivity index (χ1v) is 3.95. The molecule has 1 saturated heterocycles. The van der Waals surface area contributed by atoms with Gasteiger partial charge in [-0.05, 0) is 25.9 Å². The zero-order chi connectivity index (χ0) is 7.56. The zero-order valence-electron chi connectivity index (χ0n) is 7.13. The van der Waals surface area contributed by atoms with Crippen molar-refractivity contribution in [3.63, 3.8) is 0 Å². The highest BCUT2D eigenvalue weighted by Crippen LogP contribution is 2.17. The van der Waals surface area contributed by atoms with Crippen molar-refractivity contribution >= 4 is 0 Å². The Morgan fingerprint density at radius 3 is 2.70 bits per heavy atom. The average Bonchev–Trinajstić information content (AvgIpc) is 1.94. The maximum atomic E-state index is 5.33. The van der Waals surface area contributed by atoms with Crippen molar-refractivity contribution in [3.8, 4) is 0 Å². The van der Waals surface area contributed by atoms with Crippen LogP contribution in [0.3, 0.4) is 0 Å². The molecule has 0 unspecified atom stereocenters. The van der Waals surface area contributed by atoms with Crippen molar-refractivity contribution in [2.45, 2.75) is 19.4 Å². The van der Waals surface area contributed by atoms with Crippen LogP contribution in [0.25, 0.3) is 0 Å². The molecule has 10 heavy (non-hydrogen) atoms. The molecule has 0 aliphatic carbocycles. The molecule has 0 saturated carbocycles. The van der Waals surface area contributed by atoms with E-state index in [1.165, 1.54) is 13.0 Å². The molecule has 2 atom stereocenters. The molecule has 1 aliphatic heterocycles. The third-order valence-electron chi connectivity index (χ3n) is 2.40. The molecule has 0 bridgehead atoms. The van der Waals surface area contributed by atoms with E-state index in [2.05, 4.69) is 18.9 Å². The fourth-order valence-corrected chi connectivity index (χ4v) is 1.50. The van der Waals surface area contributed by atoms with Crippen LogP contribution >= 0.6 is 0 Å². The number of piperidine rings is 1. The molecule has 2 nitrogen and oxygen atoms in total. The van der Waals surface area contributed by atoms with Gasteiger partial charge >= 0.3 is 0 Å². The van der Waals surface area contributed by atoms with Gasteiger partial charge in [0.05, 0.1) is 6.10 Å². The molecule has 0 spiro atoms. The molecule has 0 aromatic rings. The third kappa shape index (κ3) is 1.70. The maximum Gasteiger partial charge on any atom is 0.0724 e. The van der Waals surface area contributed by atoms with Gasteiger partial charge in [0.25, 0.3) is 0 Å². The largest absolute Gasteiger partial charge is 0.380 e. The molecule has 0 aromatic heterocycles. The summed E-state index contributed by atoms with van der Waals surface area (Å²) in [6.07, 6.45) is 1.73. The summed E-state index contributed by atoms with van der Waals surface area (Å²) >= 11 is 0. The summed E-state index contributed by atoms with van der Waals surface area (Å²) in [6, 6.07) is 0. The van der Waals surface area contributed by atoms with Crippen molar-refractivity contribution in [3.05, 3.63) is 0 Å². The Kier molecular flexibility index (Phi) is 2.69. The van der Waals surface area contributed by atoms with Crippen LogP contribution in [0.15, 0.2) is 0 Å². The highest BCUT2D eigenvalue weighted by molar-refractivity contribution is 4.76. The normalized spacial score (nSPS) is 36.3. The van der Waals surface area contributed by atoms with Crippen molar-refractivity contribution < 1.29 is 4.74 Å². The fraction of sp³-hybridized carbons (Fsp3) is 1.00. The minimum atomic E-state index is 0.457. The zero-order valence-corrected chi connectivity index (χ0v) is 7.13. The second kappa shape index (κ2) is 3.35. The van der Waals surface area contributed by atoms with Crippen LogP contribution in [0.5, 0.6) is 0 Å². The van der Waals surface area contributed by atoms with Crippen molar-refractivity contribution in [2.24, 2.45) is 5.92 Å². The van der Waals surface area contributed by atoms with Gasteiger partial charge in [0, 0.05) is 13.7 Å². The van der Waals surface area contributed by atoms with Gasteiger partial charge in [-0.1, -0.05) is 6.92 Å². The van der Waals surface area contributed by atoms with E-state index in [9.17, 15) is 0 Å². The summed E-state index contributed by atoms with van der Waals surface area (Å²) in [6.45, 7) is 4.58. The van der Waals surface area contributed by atoms with E-state index in [4.69, 9.17) is 4.74 Å². The van der Waals surface area contributed by atoms with Gasteiger partial charge in [0.2, 0.25) is 0 Å². The smallest absolute Gasteiger partial charge is 0.0724 e. The highest BCUT2D eigenvalue weighted by Gasteiger charge is 2.23. The standard InChI is InChI=1S/C8H17NO/c1-7-4-5-9(2)6-8(7)10-3/h7-8H,4-6H2,1-3H3/t7-,8-/m1/s1. The van der Waals surface area contributed by atoms with Crippen molar-refractivity contribution in [2.75, 3.05) is 27.2 Å². The molecule has 60 valence electrons. The number of ether oxygens (including phenoxy) is 1. The predicted octanol–water partition coefficient (Wildman–Crippen LogP) is 0.973. The Bertz CT molecular complexity index is 105. The van der Waals surface area contributed by atoms with E-state index in [0.717, 1.165) is 12.5 Å². The summed E-state index contributed by atoms with van der Waals surface area (Å²) < 4.78 is 5.33. The summed E-state index contributed by atoms with van der Waals surface area (Å²) in [7, 11) is 3.96. The maximum absolute atomic E-state index is 5.33. The Labute approximate surface area is 63.2 Å². The molecule has 0 amide bonds. The lowest BCUT2D eigenvalue weighted by molar-refractivity contribution is 0.00324. The van der Waals surface area contributed by atoms with Crippen molar-refractivity contribution in [1.29, 1.82) is 0 Å². The lowest BCUT2D eigenvalue weighted by atomic mass is 9.96. The number of hydrogen-bond acceptors (Lipinski definition) is 2. The highest BCUT2D eigenvalue weighted by atomic mass is 16.5. The van der Waals surface area contributed by atoms with Gasteiger partial charge in [-0.2, -0.15) is 0 Å². The van der Waals surface area contributed by atoms with E-state index < -0.39 is 0 Å². The monoisotopic (exact) mass is 143 g/mol. The number of methoxy groups -OCH3 is 1. The Balaban J connectivity index is 2.38. The van der Waals surface area contributed by atoms with Crippen LogP contribution in [0.1, 0.15) is 13.3 Å². The van der Waals surface area contributed by atoms with Crippen LogP contribution in [-0.4, -0.2) is 38.3 Å². The quantitative estimate of drug-likeness (QED) is 0.542. The first kappa shape index (κ1) is 8.02. The first-order valence-electron chi connectivity index (χ1n) is 3.95. The molecule has 0 aromatic carbocycles. The van der Waals surface area contributed by atoms with E-state index in [1.54, 1.807) is 7.11 Å². The van der Waals surface area contributed by atoms with Gasteiger partial charge in [0.15, 0.2) is 0 Å². The van der Waals surface area contributed by atoms with Crippen LogP contribution < -0.4 is 0 Å². The third-order valence-corrected chi connectivity index (χ3v) is 2.40. The molecule has 2 heteroatoms. The topological polar surface area (TPSA) is 12.5 Å². The first-order chi connectivity index (χ1) is 4.74.